The van der Waals surface area contributed by atoms with Crippen molar-refractivity contribution in [2.75, 3.05) is 43.6 Å². The van der Waals surface area contributed by atoms with Crippen molar-refractivity contribution in [2.24, 2.45) is 5.41 Å². The second-order valence-electron chi connectivity index (χ2n) is 13.7. The second-order valence-corrected chi connectivity index (χ2v) is 14.2. The summed E-state index contributed by atoms with van der Waals surface area (Å²) in [6.07, 6.45) is 0.883. The third-order valence-corrected chi connectivity index (χ3v) is 8.61. The highest BCUT2D eigenvalue weighted by atomic mass is 35.5. The average molecular weight is 735 g/mol. The van der Waals surface area contributed by atoms with E-state index in [1.165, 1.54) is 5.56 Å². The number of fused-ring (bicyclic) bond motifs is 1. The quantitative estimate of drug-likeness (QED) is 0.119. The number of benzene rings is 4. The minimum Gasteiger partial charge on any atom is -0.492 e. The summed E-state index contributed by atoms with van der Waals surface area (Å²) in [6, 6.07) is 30.8. The van der Waals surface area contributed by atoms with Crippen LogP contribution in [0.4, 0.5) is 11.4 Å². The molecule has 0 spiro atoms. The fourth-order valence-corrected chi connectivity index (χ4v) is 6.30. The van der Waals surface area contributed by atoms with Gasteiger partial charge in [0.1, 0.15) is 12.2 Å². The van der Waals surface area contributed by atoms with Crippen LogP contribution in [0.2, 0.25) is 5.02 Å². The Hall–Kier alpha value is -4.08. The number of nitrogens with one attached hydrogen (secondary N) is 2. The molecule has 0 radical (unpaired) electrons. The summed E-state index contributed by atoms with van der Waals surface area (Å²) >= 11 is 6.59. The van der Waals surface area contributed by atoms with Crippen LogP contribution in [0.15, 0.2) is 97.1 Å². The largest absolute Gasteiger partial charge is 0.492 e. The Bertz CT molecular complexity index is 1720. The van der Waals surface area contributed by atoms with Crippen LogP contribution in [0, 0.1) is 5.41 Å². The van der Waals surface area contributed by atoms with E-state index in [2.05, 4.69) is 55.7 Å². The van der Waals surface area contributed by atoms with Gasteiger partial charge in [0.2, 0.25) is 5.91 Å². The fraction of sp³-hybridized carbons (Fsp3) is 0.366. The minimum absolute atomic E-state index is 0. The van der Waals surface area contributed by atoms with Gasteiger partial charge in [0.05, 0.1) is 20.1 Å². The zero-order valence-electron chi connectivity index (χ0n) is 29.8. The molecule has 0 saturated carbocycles. The van der Waals surface area contributed by atoms with E-state index in [4.69, 9.17) is 25.8 Å². The number of methoxy groups -OCH3 is 1. The Morgan fingerprint density at radius 1 is 0.902 bits per heavy atom. The predicted octanol–water partition coefficient (Wildman–Crippen LogP) is 8.66. The molecule has 5 rings (SSSR count). The summed E-state index contributed by atoms with van der Waals surface area (Å²) in [4.78, 5) is 29.4. The lowest BCUT2D eigenvalue weighted by Crippen LogP contribution is -2.44. The average Bonchev–Trinajstić information content (AvgIpc) is 3.19. The van der Waals surface area contributed by atoms with E-state index in [1.54, 1.807) is 30.2 Å². The molecule has 51 heavy (non-hydrogen) atoms. The van der Waals surface area contributed by atoms with Gasteiger partial charge in [-0.2, -0.15) is 0 Å². The van der Waals surface area contributed by atoms with Crippen molar-refractivity contribution in [3.63, 3.8) is 0 Å². The molecule has 0 aromatic heterocycles. The van der Waals surface area contributed by atoms with E-state index < -0.39 is 12.2 Å². The van der Waals surface area contributed by atoms with Crippen LogP contribution < -0.4 is 25.0 Å². The predicted molar refractivity (Wildman–Crippen MR) is 208 cm³/mol. The van der Waals surface area contributed by atoms with Gasteiger partial charge in [0.25, 0.3) is 5.91 Å². The van der Waals surface area contributed by atoms with E-state index in [-0.39, 0.29) is 36.1 Å². The molecule has 0 fully saturated rings. The number of ether oxygens (including phenoxy) is 3. The molecule has 0 bridgehead atoms. The Morgan fingerprint density at radius 2 is 1.61 bits per heavy atom. The Morgan fingerprint density at radius 3 is 2.31 bits per heavy atom. The molecule has 272 valence electrons. The van der Waals surface area contributed by atoms with Crippen LogP contribution in [0.1, 0.15) is 62.8 Å². The van der Waals surface area contributed by atoms with Crippen LogP contribution in [0.25, 0.3) is 0 Å². The van der Waals surface area contributed by atoms with Gasteiger partial charge >= 0.3 is 0 Å². The van der Waals surface area contributed by atoms with Crippen molar-refractivity contribution in [1.82, 2.24) is 5.32 Å². The molecular formula is C41H49Cl2N3O5. The second kappa shape index (κ2) is 19.0. The van der Waals surface area contributed by atoms with E-state index in [0.29, 0.717) is 52.2 Å². The molecule has 1 aliphatic heterocycles. The van der Waals surface area contributed by atoms with E-state index in [9.17, 15) is 9.59 Å². The number of hydrogen-bond donors (Lipinski definition) is 2. The fourth-order valence-electron chi connectivity index (χ4n) is 6.12. The maximum atomic E-state index is 14.3. The summed E-state index contributed by atoms with van der Waals surface area (Å²) in [5.74, 6) is 0.452. The highest BCUT2D eigenvalue weighted by Crippen LogP contribution is 2.45. The van der Waals surface area contributed by atoms with Crippen molar-refractivity contribution in [2.45, 2.75) is 58.7 Å². The number of halogens is 2. The molecule has 1 heterocycles. The van der Waals surface area contributed by atoms with Gasteiger partial charge in [-0.3, -0.25) is 9.59 Å². The number of hydrogen-bond acceptors (Lipinski definition) is 6. The number of carbonyl (C=O) groups is 2. The molecule has 1 aliphatic rings. The molecular weight excluding hydrogens is 685 g/mol. The van der Waals surface area contributed by atoms with Crippen molar-refractivity contribution in [1.29, 1.82) is 0 Å². The summed E-state index contributed by atoms with van der Waals surface area (Å²) in [5.41, 5.74) is 3.80. The Balaban J connectivity index is 0.00000583. The Kier molecular flexibility index (Phi) is 14.8. The highest BCUT2D eigenvalue weighted by molar-refractivity contribution is 6.30. The zero-order chi connectivity index (χ0) is 35.5. The van der Waals surface area contributed by atoms with Crippen molar-refractivity contribution in [3.8, 4) is 11.5 Å². The number of para-hydroxylation sites is 2. The molecule has 2 N–H and O–H groups in total. The lowest BCUT2D eigenvalue weighted by atomic mass is 9.94. The summed E-state index contributed by atoms with van der Waals surface area (Å²) in [7, 11) is 1.59. The third-order valence-electron chi connectivity index (χ3n) is 8.38. The topological polar surface area (TPSA) is 89.1 Å². The molecule has 2 atom stereocenters. The monoisotopic (exact) mass is 733 g/mol. The van der Waals surface area contributed by atoms with Crippen LogP contribution in [0.3, 0.4) is 0 Å². The molecule has 0 aliphatic carbocycles. The van der Waals surface area contributed by atoms with Crippen molar-refractivity contribution >= 4 is 47.2 Å². The van der Waals surface area contributed by atoms with Crippen LogP contribution in [0.5, 0.6) is 11.5 Å². The lowest BCUT2D eigenvalue weighted by molar-refractivity contribution is -0.136. The molecule has 10 heteroatoms. The Labute approximate surface area is 313 Å². The maximum Gasteiger partial charge on any atom is 0.256 e. The van der Waals surface area contributed by atoms with E-state index >= 15 is 0 Å². The molecule has 0 saturated heterocycles. The van der Waals surface area contributed by atoms with Crippen molar-refractivity contribution < 1.29 is 23.8 Å². The summed E-state index contributed by atoms with van der Waals surface area (Å²) in [6.45, 7) is 8.87. The summed E-state index contributed by atoms with van der Waals surface area (Å²) < 4.78 is 18.9. The van der Waals surface area contributed by atoms with Gasteiger partial charge in [0.15, 0.2) is 11.5 Å². The SMILES string of the molecule is COc1c(OCCCNCCCc2ccccc2)cccc1C1OC(CC(=O)Nc2ccccc2)C(=O)N(CC(C)(C)C)c2ccc(Cl)cc21.Cl. The van der Waals surface area contributed by atoms with Crippen LogP contribution in [-0.2, 0) is 20.7 Å². The first-order chi connectivity index (χ1) is 24.1. The smallest absolute Gasteiger partial charge is 0.256 e. The molecule has 2 unspecified atom stereocenters. The lowest BCUT2D eigenvalue weighted by Gasteiger charge is -2.31. The van der Waals surface area contributed by atoms with E-state index in [1.807, 2.05) is 54.6 Å². The number of amides is 2. The standard InChI is InChI=1S/C41H48ClN3O5.ClH/c1-41(2,3)28-45-34-22-21-30(42)26-33(34)38(50-36(40(45)47)27-37(46)44-31-17-9-6-10-18-31)32-19-11-20-35(39(32)48-4)49-25-13-24-43-23-12-16-29-14-7-5-8-15-29;/h5-11,14-15,17-22,26,36,38,43H,12-13,16,23-25,27-28H2,1-4H3,(H,44,46);1H. The van der Waals surface area contributed by atoms with Crippen molar-refractivity contribution in [3.05, 3.63) is 119 Å². The number of rotatable bonds is 15. The molecule has 4 aromatic carbocycles. The molecule has 2 amide bonds. The van der Waals surface area contributed by atoms with Gasteiger partial charge in [0, 0.05) is 34.1 Å². The number of anilines is 2. The van der Waals surface area contributed by atoms with Gasteiger partial charge in [-0.1, -0.05) is 93.0 Å². The summed E-state index contributed by atoms with van der Waals surface area (Å²) in [5, 5.41) is 6.91. The van der Waals surface area contributed by atoms with Crippen LogP contribution >= 0.6 is 24.0 Å². The first-order valence-electron chi connectivity index (χ1n) is 17.3. The van der Waals surface area contributed by atoms with Gasteiger partial charge in [-0.25, -0.2) is 0 Å². The molecule has 4 aromatic rings. The van der Waals surface area contributed by atoms with Gasteiger partial charge in [-0.05, 0) is 79.7 Å². The van der Waals surface area contributed by atoms with E-state index in [0.717, 1.165) is 32.4 Å². The first kappa shape index (κ1) is 39.7. The number of carbonyl (C=O) groups excluding carboxylic acids is 2. The van der Waals surface area contributed by atoms with Gasteiger partial charge in [-0.15, -0.1) is 12.4 Å². The number of nitrogens with zero attached hydrogens (tertiary/aromatic N) is 1. The molecule has 8 nitrogen and oxygen atoms in total. The highest BCUT2D eigenvalue weighted by Gasteiger charge is 2.40. The third kappa shape index (κ3) is 11.2. The minimum atomic E-state index is -1.08. The number of aryl methyl sites for hydroxylation is 1. The normalized spacial score (nSPS) is 15.7. The zero-order valence-corrected chi connectivity index (χ0v) is 31.4. The maximum absolute atomic E-state index is 14.3. The van der Waals surface area contributed by atoms with Crippen LogP contribution in [-0.4, -0.2) is 51.3 Å². The first-order valence-corrected chi connectivity index (χ1v) is 17.7. The van der Waals surface area contributed by atoms with Gasteiger partial charge < -0.3 is 29.7 Å².